The first-order valence-corrected chi connectivity index (χ1v) is 12.6. The second-order valence-corrected chi connectivity index (χ2v) is 9.56. The van der Waals surface area contributed by atoms with Gasteiger partial charge in [-0.1, -0.05) is 85.8 Å². The van der Waals surface area contributed by atoms with Crippen LogP contribution < -0.4 is 10.0 Å². The average molecular weight is 466 g/mol. The van der Waals surface area contributed by atoms with Crippen molar-refractivity contribution in [3.63, 3.8) is 0 Å². The van der Waals surface area contributed by atoms with Crippen molar-refractivity contribution in [1.82, 2.24) is 10.3 Å². The van der Waals surface area contributed by atoms with Crippen molar-refractivity contribution >= 4 is 32.5 Å². The third-order valence-corrected chi connectivity index (χ3v) is 5.94. The molecule has 2 N–H and O–H groups in total. The highest BCUT2D eigenvalue weighted by atomic mass is 32.2. The Kier molecular flexibility index (Phi) is 6.42. The summed E-state index contributed by atoms with van der Waals surface area (Å²) in [6, 6.07) is 26.0. The summed E-state index contributed by atoms with van der Waals surface area (Å²) < 4.78 is 27.2. The second kappa shape index (κ2) is 9.42. The molecule has 6 nitrogen and oxygen atoms in total. The zero-order valence-corrected chi connectivity index (χ0v) is 19.3. The van der Waals surface area contributed by atoms with E-state index in [9.17, 15) is 13.2 Å². The van der Waals surface area contributed by atoms with E-state index < -0.39 is 10.0 Å². The normalized spacial score (nSPS) is 12.3. The summed E-state index contributed by atoms with van der Waals surface area (Å²) in [7, 11) is -3.69. The first-order valence-electron chi connectivity index (χ1n) is 10.7. The number of hydrogen-bond acceptors (Lipinski definition) is 4. The molecule has 1 heterocycles. The fraction of sp³-hybridized carbons (Fsp3) is 0.154. The average Bonchev–Trinajstić information content (AvgIpc) is 2.82. The van der Waals surface area contributed by atoms with E-state index >= 15 is 0 Å². The van der Waals surface area contributed by atoms with Crippen LogP contribution in [-0.4, -0.2) is 25.6 Å². The van der Waals surface area contributed by atoms with Crippen molar-refractivity contribution in [2.24, 2.45) is 0 Å². The lowest BCUT2D eigenvalue weighted by Crippen LogP contribution is -2.30. The van der Waals surface area contributed by atoms with Gasteiger partial charge in [-0.2, -0.15) is 0 Å². The van der Waals surface area contributed by atoms with Gasteiger partial charge in [-0.15, -0.1) is 0 Å². The van der Waals surface area contributed by atoms with E-state index in [2.05, 4.69) is 10.0 Å². The Morgan fingerprint density at radius 2 is 1.52 bits per heavy atom. The predicted molar refractivity (Wildman–Crippen MR) is 133 cm³/mol. The van der Waals surface area contributed by atoms with Crippen LogP contribution in [0.2, 0.25) is 0 Å². The third-order valence-electron chi connectivity index (χ3n) is 5.37. The number of hydrogen-bond donors (Lipinski definition) is 2. The molecule has 0 aliphatic rings. The number of sulfonamides is 1. The molecule has 0 aliphatic carbocycles. The number of nitrogens with one attached hydrogen (secondary N) is 2. The van der Waals surface area contributed by atoms with Gasteiger partial charge in [0.1, 0.15) is 0 Å². The van der Waals surface area contributed by atoms with Gasteiger partial charge < -0.3 is 5.32 Å². The monoisotopic (exact) mass is 465 g/mol. The standard InChI is InChI=1S/C26H25N3O3S/c1-3-21(18-12-6-4-7-13-18)28-26(30)23-20-16-10-11-17-22(20)27-24(19-14-8-5-9-15-19)25(23)29-33(2,31)32/h4-17,21,29H,3H2,1-2H3,(H,28,30)/t21-/m0/s1/i10+1,11+1,16+1,17+1,20+1,22+1. The minimum Gasteiger partial charge on any atom is -0.345 e. The number of amides is 1. The Bertz CT molecular complexity index is 1390. The summed E-state index contributed by atoms with van der Waals surface area (Å²) in [5, 5.41) is 3.67. The van der Waals surface area contributed by atoms with Gasteiger partial charge in [-0.25, -0.2) is 13.4 Å². The van der Waals surface area contributed by atoms with Crippen molar-refractivity contribution in [3.05, 3.63) is 96.1 Å². The maximum atomic E-state index is 13.7. The molecule has 168 valence electrons. The highest BCUT2D eigenvalue weighted by molar-refractivity contribution is 7.92. The Labute approximate surface area is 193 Å². The molecule has 0 bridgehead atoms. The molecule has 0 fully saturated rings. The van der Waals surface area contributed by atoms with Crippen LogP contribution in [0.3, 0.4) is 0 Å². The molecule has 0 spiro atoms. The van der Waals surface area contributed by atoms with E-state index in [-0.39, 0.29) is 23.2 Å². The molecule has 0 aliphatic heterocycles. The molecule has 7 heteroatoms. The fourth-order valence-electron chi connectivity index (χ4n) is 3.87. The van der Waals surface area contributed by atoms with Crippen LogP contribution in [0, 0.1) is 0 Å². The number of benzene rings is 3. The van der Waals surface area contributed by atoms with Crippen LogP contribution in [0.15, 0.2) is 84.9 Å². The fourth-order valence-corrected chi connectivity index (χ4v) is 4.44. The molecule has 4 rings (SSSR count). The SMILES string of the molecule is CC[C@H](NC(=O)c1c(NS(C)(=O)=O)c(-c2ccccc2)n[13c]2[13cH][13cH][13cH][13cH][13c]12)c1ccccc1. The van der Waals surface area contributed by atoms with Crippen LogP contribution in [0.1, 0.15) is 35.3 Å². The molecule has 0 radical (unpaired) electrons. The van der Waals surface area contributed by atoms with Crippen LogP contribution in [0.25, 0.3) is 22.2 Å². The first kappa shape index (κ1) is 22.5. The summed E-state index contributed by atoms with van der Waals surface area (Å²) in [6.07, 6.45) is 1.75. The Morgan fingerprint density at radius 1 is 0.909 bits per heavy atom. The summed E-state index contributed by atoms with van der Waals surface area (Å²) >= 11 is 0. The molecular formula is C26H25N3O3S. The van der Waals surface area contributed by atoms with Gasteiger partial charge in [0, 0.05) is 10.9 Å². The molecule has 0 saturated heterocycles. The van der Waals surface area contributed by atoms with Gasteiger partial charge in [-0.05, 0) is 18.1 Å². The van der Waals surface area contributed by atoms with Crippen LogP contribution in [-0.2, 0) is 10.0 Å². The number of anilines is 1. The molecule has 4 aromatic rings. The van der Waals surface area contributed by atoms with Crippen molar-refractivity contribution in [2.75, 3.05) is 11.0 Å². The number of carbonyl (C=O) groups is 1. The summed E-state index contributed by atoms with van der Waals surface area (Å²) in [4.78, 5) is 18.4. The van der Waals surface area contributed by atoms with Gasteiger partial charge in [0.25, 0.3) is 5.91 Å². The topological polar surface area (TPSA) is 88.2 Å². The smallest absolute Gasteiger partial charge is 0.254 e. The quantitative estimate of drug-likeness (QED) is 0.395. The van der Waals surface area contributed by atoms with E-state index in [1.165, 1.54) is 0 Å². The molecule has 33 heavy (non-hydrogen) atoms. The lowest BCUT2D eigenvalue weighted by atomic mass is 10.0. The molecule has 1 aromatic heterocycles. The molecule has 1 atom stereocenters. The lowest BCUT2D eigenvalue weighted by Gasteiger charge is -2.21. The van der Waals surface area contributed by atoms with Gasteiger partial charge in [0.05, 0.1) is 34.8 Å². The van der Waals surface area contributed by atoms with Crippen molar-refractivity contribution in [1.29, 1.82) is 0 Å². The highest BCUT2D eigenvalue weighted by Gasteiger charge is 2.25. The Balaban J connectivity index is 1.93. The van der Waals surface area contributed by atoms with E-state index in [0.29, 0.717) is 28.6 Å². The van der Waals surface area contributed by atoms with Crippen LogP contribution >= 0.6 is 0 Å². The summed E-state index contributed by atoms with van der Waals surface area (Å²) in [6.45, 7) is 1.99. The lowest BCUT2D eigenvalue weighted by molar-refractivity contribution is 0.0938. The van der Waals surface area contributed by atoms with E-state index in [0.717, 1.165) is 11.8 Å². The zero-order chi connectivity index (χ0) is 23.4. The predicted octanol–water partition coefficient (Wildman–Crippen LogP) is 5.15. The van der Waals surface area contributed by atoms with Gasteiger partial charge in [0.2, 0.25) is 10.0 Å². The minimum atomic E-state index is -3.69. The number of rotatable bonds is 7. The third kappa shape index (κ3) is 5.04. The summed E-state index contributed by atoms with van der Waals surface area (Å²) in [5.41, 5.74) is 3.11. The molecule has 0 saturated carbocycles. The number of carbonyl (C=O) groups excluding carboxylic acids is 1. The van der Waals surface area contributed by atoms with Gasteiger partial charge in [0.15, 0.2) is 0 Å². The van der Waals surface area contributed by atoms with E-state index in [1.807, 2.05) is 85.8 Å². The molecule has 0 unspecified atom stereocenters. The molecule has 3 aromatic carbocycles. The van der Waals surface area contributed by atoms with Crippen LogP contribution in [0.5, 0.6) is 0 Å². The number of fused-ring (bicyclic) bond motifs is 1. The first-order chi connectivity index (χ1) is 15.9. The van der Waals surface area contributed by atoms with Gasteiger partial charge in [-0.3, -0.25) is 9.52 Å². The summed E-state index contributed by atoms with van der Waals surface area (Å²) in [5.74, 6) is -0.368. The number of nitrogens with zero attached hydrogens (tertiary/aromatic N) is 1. The molecular weight excluding hydrogens is 440 g/mol. The van der Waals surface area contributed by atoms with Gasteiger partial charge >= 0.3 is 0 Å². The van der Waals surface area contributed by atoms with E-state index in [1.54, 1.807) is 6.07 Å². The Hall–Kier alpha value is -3.71. The van der Waals surface area contributed by atoms with Crippen molar-refractivity contribution in [2.45, 2.75) is 19.4 Å². The minimum absolute atomic E-state index is 0.169. The second-order valence-electron chi connectivity index (χ2n) is 7.81. The van der Waals surface area contributed by atoms with Crippen molar-refractivity contribution < 1.29 is 13.2 Å². The van der Waals surface area contributed by atoms with E-state index in [4.69, 9.17) is 4.98 Å². The highest BCUT2D eigenvalue weighted by Crippen LogP contribution is 2.35. The maximum Gasteiger partial charge on any atom is 0.254 e. The maximum absolute atomic E-state index is 13.7. The van der Waals surface area contributed by atoms with Crippen molar-refractivity contribution in [3.8, 4) is 11.3 Å². The number of aromatic nitrogens is 1. The number of para-hydroxylation sites is 1. The molecule has 1 amide bonds. The van der Waals surface area contributed by atoms with Crippen LogP contribution in [0.4, 0.5) is 5.69 Å². The number of pyridine rings is 1. The zero-order valence-electron chi connectivity index (χ0n) is 18.4. The largest absolute Gasteiger partial charge is 0.345 e. The Morgan fingerprint density at radius 3 is 2.15 bits per heavy atom.